The second kappa shape index (κ2) is 3.35. The predicted molar refractivity (Wildman–Crippen MR) is 52.8 cm³/mol. The number of aromatic nitrogens is 1. The third-order valence-electron chi connectivity index (χ3n) is 1.08. The summed E-state index contributed by atoms with van der Waals surface area (Å²) in [5.74, 6) is 0. The number of hydrogen-bond acceptors (Lipinski definition) is 3. The lowest BCUT2D eigenvalue weighted by molar-refractivity contribution is 0.605. The van der Waals surface area contributed by atoms with E-state index in [0.29, 0.717) is 3.57 Å². The van der Waals surface area contributed by atoms with E-state index in [4.69, 9.17) is 10.7 Å². The van der Waals surface area contributed by atoms with Gasteiger partial charge in [0, 0.05) is 20.3 Å². The monoisotopic (exact) mass is 319 g/mol. The minimum atomic E-state index is -3.85. The summed E-state index contributed by atoms with van der Waals surface area (Å²) in [6.07, 6.45) is 0. The zero-order chi connectivity index (χ0) is 9.35. The van der Waals surface area contributed by atoms with Crippen LogP contribution in [0.3, 0.4) is 0 Å². The molecule has 1 heterocycles. The average Bonchev–Trinajstić information content (AvgIpc) is 1.92. The van der Waals surface area contributed by atoms with Crippen molar-refractivity contribution in [3.05, 3.63) is 26.1 Å². The van der Waals surface area contributed by atoms with Gasteiger partial charge in [-0.3, -0.25) is 4.79 Å². The lowest BCUT2D eigenvalue weighted by Crippen LogP contribution is -2.10. The highest BCUT2D eigenvalue weighted by Gasteiger charge is 2.14. The van der Waals surface area contributed by atoms with Crippen LogP contribution in [0.4, 0.5) is 0 Å². The van der Waals surface area contributed by atoms with Gasteiger partial charge in [0.2, 0.25) is 5.56 Å². The lowest BCUT2D eigenvalue weighted by atomic mass is 10.5. The number of pyridine rings is 1. The maximum absolute atomic E-state index is 10.8. The average molecular weight is 320 g/mol. The highest BCUT2D eigenvalue weighted by Crippen LogP contribution is 2.16. The SMILES string of the molecule is O=c1ccc(I)c(S(=O)(=O)Cl)[nH]1. The zero-order valence-corrected chi connectivity index (χ0v) is 9.27. The summed E-state index contributed by atoms with van der Waals surface area (Å²) in [6, 6.07) is 2.61. The van der Waals surface area contributed by atoms with E-state index in [-0.39, 0.29) is 5.03 Å². The van der Waals surface area contributed by atoms with Crippen molar-refractivity contribution in [1.29, 1.82) is 0 Å². The molecule has 12 heavy (non-hydrogen) atoms. The van der Waals surface area contributed by atoms with Crippen molar-refractivity contribution in [3.63, 3.8) is 0 Å². The third kappa shape index (κ3) is 2.20. The van der Waals surface area contributed by atoms with Gasteiger partial charge < -0.3 is 4.98 Å². The molecule has 1 rings (SSSR count). The van der Waals surface area contributed by atoms with Gasteiger partial charge in [-0.05, 0) is 28.7 Å². The minimum Gasteiger partial charge on any atom is -0.311 e. The first kappa shape index (κ1) is 10.0. The van der Waals surface area contributed by atoms with Gasteiger partial charge in [0.05, 0.1) is 0 Å². The van der Waals surface area contributed by atoms with E-state index in [1.807, 2.05) is 0 Å². The smallest absolute Gasteiger partial charge is 0.277 e. The summed E-state index contributed by atoms with van der Waals surface area (Å²) in [5, 5.41) is -0.253. The van der Waals surface area contributed by atoms with E-state index in [1.54, 1.807) is 22.6 Å². The quantitative estimate of drug-likeness (QED) is 0.618. The molecular formula is C5H3ClINO3S. The van der Waals surface area contributed by atoms with Gasteiger partial charge in [0.25, 0.3) is 9.05 Å². The zero-order valence-electron chi connectivity index (χ0n) is 5.54. The largest absolute Gasteiger partial charge is 0.311 e. The predicted octanol–water partition coefficient (Wildman–Crippen LogP) is 0.907. The fourth-order valence-corrected chi connectivity index (χ4v) is 3.08. The lowest BCUT2D eigenvalue weighted by Gasteiger charge is -1.97. The molecule has 0 saturated heterocycles. The van der Waals surface area contributed by atoms with Crippen LogP contribution in [0.15, 0.2) is 22.0 Å². The highest BCUT2D eigenvalue weighted by atomic mass is 127. The number of nitrogens with one attached hydrogen (secondary N) is 1. The number of H-pyrrole nitrogens is 1. The van der Waals surface area contributed by atoms with Gasteiger partial charge in [-0.2, -0.15) is 0 Å². The van der Waals surface area contributed by atoms with Crippen molar-refractivity contribution >= 4 is 42.3 Å². The molecule has 0 aliphatic carbocycles. The van der Waals surface area contributed by atoms with E-state index in [1.165, 1.54) is 12.1 Å². The molecule has 0 bridgehead atoms. The molecule has 0 amide bonds. The van der Waals surface area contributed by atoms with Crippen molar-refractivity contribution in [3.8, 4) is 0 Å². The summed E-state index contributed by atoms with van der Waals surface area (Å²) in [6.45, 7) is 0. The van der Waals surface area contributed by atoms with Crippen LogP contribution in [0.1, 0.15) is 0 Å². The Labute approximate surface area is 86.5 Å². The molecule has 4 nitrogen and oxygen atoms in total. The summed E-state index contributed by atoms with van der Waals surface area (Å²) >= 11 is 1.77. The fourth-order valence-electron chi connectivity index (χ4n) is 0.615. The molecule has 1 N–H and O–H groups in total. The molecular weight excluding hydrogens is 316 g/mol. The van der Waals surface area contributed by atoms with Gasteiger partial charge in [0.1, 0.15) is 0 Å². The summed E-state index contributed by atoms with van der Waals surface area (Å²) in [7, 11) is 1.19. The maximum atomic E-state index is 10.8. The molecule has 0 atom stereocenters. The molecule has 0 radical (unpaired) electrons. The first-order valence-electron chi connectivity index (χ1n) is 2.75. The Hall–Kier alpha value is -0.0800. The van der Waals surface area contributed by atoms with Gasteiger partial charge in [-0.25, -0.2) is 8.42 Å². The Bertz CT molecular complexity index is 452. The van der Waals surface area contributed by atoms with E-state index < -0.39 is 14.6 Å². The van der Waals surface area contributed by atoms with E-state index in [9.17, 15) is 13.2 Å². The number of halogens is 2. The molecule has 0 aliphatic rings. The maximum Gasteiger partial charge on any atom is 0.277 e. The Morgan fingerprint density at radius 1 is 1.42 bits per heavy atom. The molecule has 0 fully saturated rings. The highest BCUT2D eigenvalue weighted by molar-refractivity contribution is 14.1. The fraction of sp³-hybridized carbons (Fsp3) is 0. The normalized spacial score (nSPS) is 11.5. The number of hydrogen-bond donors (Lipinski definition) is 1. The van der Waals surface area contributed by atoms with Crippen LogP contribution in [-0.4, -0.2) is 13.4 Å². The molecule has 1 aromatic heterocycles. The van der Waals surface area contributed by atoms with Crippen LogP contribution < -0.4 is 5.56 Å². The number of aromatic amines is 1. The summed E-state index contributed by atoms with van der Waals surface area (Å²) in [5.41, 5.74) is -0.491. The number of rotatable bonds is 1. The molecule has 0 aliphatic heterocycles. The topological polar surface area (TPSA) is 67.0 Å². The Morgan fingerprint density at radius 3 is 2.42 bits per heavy atom. The van der Waals surface area contributed by atoms with Gasteiger partial charge in [0.15, 0.2) is 5.03 Å². The minimum absolute atomic E-state index is 0.253. The van der Waals surface area contributed by atoms with Crippen LogP contribution in [0.25, 0.3) is 0 Å². The van der Waals surface area contributed by atoms with Crippen LogP contribution in [0, 0.1) is 3.57 Å². The Morgan fingerprint density at radius 2 is 2.00 bits per heavy atom. The van der Waals surface area contributed by atoms with Crippen LogP contribution in [0.2, 0.25) is 0 Å². The first-order valence-corrected chi connectivity index (χ1v) is 6.13. The summed E-state index contributed by atoms with van der Waals surface area (Å²) in [4.78, 5) is 12.8. The van der Waals surface area contributed by atoms with Gasteiger partial charge >= 0.3 is 0 Å². The summed E-state index contributed by atoms with van der Waals surface area (Å²) < 4.78 is 22.0. The van der Waals surface area contributed by atoms with E-state index >= 15 is 0 Å². The van der Waals surface area contributed by atoms with Crippen LogP contribution in [-0.2, 0) is 9.05 Å². The third-order valence-corrected chi connectivity index (χ3v) is 3.62. The van der Waals surface area contributed by atoms with Crippen molar-refractivity contribution in [2.24, 2.45) is 0 Å². The van der Waals surface area contributed by atoms with Crippen molar-refractivity contribution in [2.75, 3.05) is 0 Å². The van der Waals surface area contributed by atoms with Crippen molar-refractivity contribution in [2.45, 2.75) is 5.03 Å². The van der Waals surface area contributed by atoms with Crippen molar-refractivity contribution < 1.29 is 8.42 Å². The molecule has 0 aromatic carbocycles. The molecule has 1 aromatic rings. The second-order valence-electron chi connectivity index (χ2n) is 1.94. The van der Waals surface area contributed by atoms with Gasteiger partial charge in [-0.15, -0.1) is 0 Å². The molecule has 0 spiro atoms. The van der Waals surface area contributed by atoms with Crippen molar-refractivity contribution in [1.82, 2.24) is 4.98 Å². The van der Waals surface area contributed by atoms with E-state index in [0.717, 1.165) is 0 Å². The van der Waals surface area contributed by atoms with Crippen LogP contribution >= 0.6 is 33.3 Å². The molecule has 7 heteroatoms. The second-order valence-corrected chi connectivity index (χ2v) is 5.60. The molecule has 0 unspecified atom stereocenters. The standard InChI is InChI=1S/C5H3ClINO3S/c6-12(10,11)5-3(7)1-2-4(9)8-5/h1-2H,(H,8,9). The Kier molecular flexibility index (Phi) is 2.79. The van der Waals surface area contributed by atoms with Crippen LogP contribution in [0.5, 0.6) is 0 Å². The molecule has 0 saturated carbocycles. The first-order chi connectivity index (χ1) is 5.41. The van der Waals surface area contributed by atoms with Gasteiger partial charge in [-0.1, -0.05) is 0 Å². The molecule has 66 valence electrons. The Balaban J connectivity index is 3.54. The van der Waals surface area contributed by atoms with E-state index in [2.05, 4.69) is 4.98 Å².